The zero-order valence-corrected chi connectivity index (χ0v) is 21.2. The van der Waals surface area contributed by atoms with Gasteiger partial charge in [0.1, 0.15) is 11.6 Å². The van der Waals surface area contributed by atoms with Gasteiger partial charge in [0.2, 0.25) is 0 Å². The van der Waals surface area contributed by atoms with Gasteiger partial charge in [-0.3, -0.25) is 0 Å². The molecule has 0 bridgehead atoms. The molecule has 1 aliphatic carbocycles. The van der Waals surface area contributed by atoms with Crippen molar-refractivity contribution in [1.82, 2.24) is 30.6 Å². The first-order valence-corrected chi connectivity index (χ1v) is 13.3. The van der Waals surface area contributed by atoms with Crippen molar-refractivity contribution < 1.29 is 0 Å². The van der Waals surface area contributed by atoms with Crippen LogP contribution < -0.4 is 10.6 Å². The molecule has 3 aliphatic rings. The molecule has 4 heterocycles. The first kappa shape index (κ1) is 22.0. The number of rotatable bonds is 5. The predicted molar refractivity (Wildman–Crippen MR) is 143 cm³/mol. The Labute approximate surface area is 212 Å². The van der Waals surface area contributed by atoms with Crippen molar-refractivity contribution in [3.8, 4) is 33.6 Å². The molecule has 2 aromatic carbocycles. The average molecular weight is 479 g/mol. The van der Waals surface area contributed by atoms with Crippen LogP contribution in [0.5, 0.6) is 0 Å². The second-order valence-corrected chi connectivity index (χ2v) is 11.6. The predicted octanol–water partition coefficient (Wildman–Crippen LogP) is 6.01. The SMILES string of the molecule is CC1CC(c2ncc(-c3ccc(-c4ccc(-c5cnc(C6CC7(C)CC7N6)[nH]5)cc4)cc3)[nH]2)NC1C. The molecule has 0 amide bonds. The van der Waals surface area contributed by atoms with Gasteiger partial charge in [-0.2, -0.15) is 0 Å². The standard InChI is InChI=1S/C30H34N6/c1-17-12-23(33-18(17)2)28-31-15-25(35-28)21-8-4-19(5-9-21)20-6-10-22(11-7-20)26-16-32-29(36-26)24-13-30(3)14-27(30)34-24/h4-11,15-18,23-24,27,33-34H,12-14H2,1-3H3,(H,31,35)(H,32,36). The summed E-state index contributed by atoms with van der Waals surface area (Å²) in [5.41, 5.74) is 7.37. The maximum Gasteiger partial charge on any atom is 0.123 e. The van der Waals surface area contributed by atoms with Crippen LogP contribution in [0.2, 0.25) is 0 Å². The smallest absolute Gasteiger partial charge is 0.123 e. The summed E-state index contributed by atoms with van der Waals surface area (Å²) < 4.78 is 0. The third kappa shape index (κ3) is 3.80. The lowest BCUT2D eigenvalue weighted by Crippen LogP contribution is -2.24. The summed E-state index contributed by atoms with van der Waals surface area (Å²) in [5, 5.41) is 7.36. The van der Waals surface area contributed by atoms with Gasteiger partial charge in [-0.15, -0.1) is 0 Å². The minimum Gasteiger partial charge on any atom is -0.341 e. The molecule has 2 aliphatic heterocycles. The average Bonchev–Trinajstić information content (AvgIpc) is 3.47. The Morgan fingerprint density at radius 2 is 1.22 bits per heavy atom. The van der Waals surface area contributed by atoms with Crippen molar-refractivity contribution in [2.24, 2.45) is 11.3 Å². The molecule has 0 spiro atoms. The van der Waals surface area contributed by atoms with Crippen molar-refractivity contribution in [1.29, 1.82) is 0 Å². The van der Waals surface area contributed by atoms with Crippen molar-refractivity contribution in [2.75, 3.05) is 0 Å². The van der Waals surface area contributed by atoms with Crippen molar-refractivity contribution in [3.05, 3.63) is 72.6 Å². The zero-order chi connectivity index (χ0) is 24.4. The molecule has 6 unspecified atom stereocenters. The Morgan fingerprint density at radius 1 is 0.694 bits per heavy atom. The third-order valence-corrected chi connectivity index (χ3v) is 8.93. The number of benzene rings is 2. The monoisotopic (exact) mass is 478 g/mol. The largest absolute Gasteiger partial charge is 0.341 e. The molecular formula is C30H34N6. The molecule has 7 rings (SSSR count). The van der Waals surface area contributed by atoms with E-state index in [0.717, 1.165) is 40.6 Å². The maximum absolute atomic E-state index is 4.68. The van der Waals surface area contributed by atoms with E-state index >= 15 is 0 Å². The quantitative estimate of drug-likeness (QED) is 0.283. The van der Waals surface area contributed by atoms with Crippen LogP contribution in [0.15, 0.2) is 60.9 Å². The number of nitrogens with one attached hydrogen (secondary N) is 4. The summed E-state index contributed by atoms with van der Waals surface area (Å²) in [5.74, 6) is 2.77. The number of fused-ring (bicyclic) bond motifs is 1. The molecule has 184 valence electrons. The number of piperidine rings is 1. The number of aromatic amines is 2. The molecule has 36 heavy (non-hydrogen) atoms. The van der Waals surface area contributed by atoms with E-state index in [0.29, 0.717) is 35.5 Å². The van der Waals surface area contributed by atoms with Crippen LogP contribution in [-0.2, 0) is 0 Å². The number of aromatic nitrogens is 4. The second kappa shape index (κ2) is 8.15. The maximum atomic E-state index is 4.68. The van der Waals surface area contributed by atoms with Gasteiger partial charge in [0.25, 0.3) is 0 Å². The summed E-state index contributed by atoms with van der Waals surface area (Å²) in [6, 6.07) is 19.3. The summed E-state index contributed by atoms with van der Waals surface area (Å²) in [4.78, 5) is 16.4. The first-order chi connectivity index (χ1) is 17.4. The van der Waals surface area contributed by atoms with Gasteiger partial charge in [0.05, 0.1) is 35.9 Å². The van der Waals surface area contributed by atoms with Crippen LogP contribution in [-0.4, -0.2) is 32.0 Å². The third-order valence-electron chi connectivity index (χ3n) is 8.93. The fraction of sp³-hybridized carbons (Fsp3) is 0.400. The molecule has 1 saturated carbocycles. The highest BCUT2D eigenvalue weighted by molar-refractivity contribution is 5.71. The van der Waals surface area contributed by atoms with Gasteiger partial charge in [0.15, 0.2) is 0 Å². The number of H-pyrrole nitrogens is 2. The van der Waals surface area contributed by atoms with E-state index in [4.69, 9.17) is 0 Å². The van der Waals surface area contributed by atoms with Gasteiger partial charge in [-0.05, 0) is 59.8 Å². The molecule has 0 radical (unpaired) electrons. The van der Waals surface area contributed by atoms with Gasteiger partial charge in [0, 0.05) is 12.1 Å². The molecule has 4 aromatic rings. The zero-order valence-electron chi connectivity index (χ0n) is 21.2. The minimum atomic E-state index is 0.316. The normalized spacial score (nSPS) is 31.0. The van der Waals surface area contributed by atoms with E-state index in [1.165, 1.54) is 24.0 Å². The summed E-state index contributed by atoms with van der Waals surface area (Å²) >= 11 is 0. The van der Waals surface area contributed by atoms with Crippen LogP contribution >= 0.6 is 0 Å². The van der Waals surface area contributed by atoms with Gasteiger partial charge >= 0.3 is 0 Å². The van der Waals surface area contributed by atoms with E-state index in [2.05, 4.69) is 99.9 Å². The number of nitrogens with zero attached hydrogens (tertiary/aromatic N) is 2. The highest BCUT2D eigenvalue weighted by Crippen LogP contribution is 2.57. The lowest BCUT2D eigenvalue weighted by atomic mass is 10.0. The molecule has 6 heteroatoms. The lowest BCUT2D eigenvalue weighted by Gasteiger charge is -2.11. The Bertz CT molecular complexity index is 1290. The Hall–Kier alpha value is -3.22. The van der Waals surface area contributed by atoms with E-state index in [1.54, 1.807) is 0 Å². The number of hydrogen-bond acceptors (Lipinski definition) is 4. The van der Waals surface area contributed by atoms with Crippen molar-refractivity contribution in [3.63, 3.8) is 0 Å². The van der Waals surface area contributed by atoms with Crippen molar-refractivity contribution in [2.45, 2.75) is 64.2 Å². The fourth-order valence-corrected chi connectivity index (χ4v) is 6.16. The van der Waals surface area contributed by atoms with E-state index in [-0.39, 0.29) is 0 Å². The summed E-state index contributed by atoms with van der Waals surface area (Å²) in [7, 11) is 0. The summed E-state index contributed by atoms with van der Waals surface area (Å²) in [6.07, 6.45) is 7.53. The number of hydrogen-bond donors (Lipinski definition) is 4. The lowest BCUT2D eigenvalue weighted by molar-refractivity contribution is 0.488. The second-order valence-electron chi connectivity index (χ2n) is 11.6. The van der Waals surface area contributed by atoms with E-state index in [9.17, 15) is 0 Å². The molecule has 2 aromatic heterocycles. The Kier molecular flexibility index (Phi) is 4.98. The van der Waals surface area contributed by atoms with E-state index < -0.39 is 0 Å². The van der Waals surface area contributed by atoms with Crippen LogP contribution in [0.3, 0.4) is 0 Å². The first-order valence-electron chi connectivity index (χ1n) is 13.3. The van der Waals surface area contributed by atoms with Gasteiger partial charge < -0.3 is 20.6 Å². The highest BCUT2D eigenvalue weighted by atomic mass is 15.1. The molecule has 4 N–H and O–H groups in total. The molecule has 2 saturated heterocycles. The van der Waals surface area contributed by atoms with Gasteiger partial charge in [-0.1, -0.05) is 62.4 Å². The van der Waals surface area contributed by atoms with Crippen LogP contribution in [0.4, 0.5) is 0 Å². The Morgan fingerprint density at radius 3 is 1.69 bits per heavy atom. The van der Waals surface area contributed by atoms with Crippen LogP contribution in [0.1, 0.15) is 63.8 Å². The fourth-order valence-electron chi connectivity index (χ4n) is 6.16. The van der Waals surface area contributed by atoms with Gasteiger partial charge in [-0.25, -0.2) is 9.97 Å². The molecule has 6 atom stereocenters. The summed E-state index contributed by atoms with van der Waals surface area (Å²) in [6.45, 7) is 6.93. The topological polar surface area (TPSA) is 81.4 Å². The molecule has 3 fully saturated rings. The molecule has 6 nitrogen and oxygen atoms in total. The highest BCUT2D eigenvalue weighted by Gasteiger charge is 2.57. The minimum absolute atomic E-state index is 0.316. The molecular weight excluding hydrogens is 444 g/mol. The van der Waals surface area contributed by atoms with Crippen LogP contribution in [0, 0.1) is 11.3 Å². The van der Waals surface area contributed by atoms with Crippen LogP contribution in [0.25, 0.3) is 33.6 Å². The Balaban J connectivity index is 1.04. The van der Waals surface area contributed by atoms with Crippen molar-refractivity contribution >= 4 is 0 Å². The van der Waals surface area contributed by atoms with E-state index in [1.807, 2.05) is 12.4 Å². The number of imidazole rings is 2.